The normalized spacial score (nSPS) is 15.8. The highest BCUT2D eigenvalue weighted by Gasteiger charge is 2.14. The second-order valence-corrected chi connectivity index (χ2v) is 4.62. The number of carboxylic acids is 1. The summed E-state index contributed by atoms with van der Waals surface area (Å²) in [5.74, 6) is -1.08. The number of hydrogen-bond acceptors (Lipinski definition) is 7. The lowest BCUT2D eigenvalue weighted by Gasteiger charge is -2.26. The topological polar surface area (TPSA) is 122 Å². The number of hydrogen-bond donors (Lipinski definition) is 2. The summed E-state index contributed by atoms with van der Waals surface area (Å²) in [5.41, 5.74) is 0. The summed E-state index contributed by atoms with van der Waals surface area (Å²) < 4.78 is 6.83. The predicted octanol–water partition coefficient (Wildman–Crippen LogP) is -2.25. The molecule has 0 aromatic carbocycles. The Morgan fingerprint density at radius 2 is 2.05 bits per heavy atom. The highest BCUT2D eigenvalue weighted by atomic mass is 16.5. The summed E-state index contributed by atoms with van der Waals surface area (Å²) in [4.78, 5) is 24.2. The maximum absolute atomic E-state index is 11.6. The zero-order chi connectivity index (χ0) is 15.1. The lowest BCUT2D eigenvalue weighted by molar-refractivity contribution is -0.137. The molecule has 21 heavy (non-hydrogen) atoms. The number of aliphatic carboxylic acids is 1. The summed E-state index contributed by atoms with van der Waals surface area (Å²) in [7, 11) is 0. The Morgan fingerprint density at radius 1 is 1.29 bits per heavy atom. The van der Waals surface area contributed by atoms with E-state index in [9.17, 15) is 9.59 Å². The molecule has 1 aliphatic heterocycles. The van der Waals surface area contributed by atoms with Gasteiger partial charge >= 0.3 is 5.97 Å². The highest BCUT2D eigenvalue weighted by Crippen LogP contribution is 1.99. The molecule has 0 aliphatic carbocycles. The molecule has 1 fully saturated rings. The number of carboxylic acid groups (broad SMARTS) is 1. The summed E-state index contributed by atoms with van der Waals surface area (Å²) in [5, 5.41) is 22.0. The van der Waals surface area contributed by atoms with Crippen molar-refractivity contribution in [2.45, 2.75) is 13.0 Å². The van der Waals surface area contributed by atoms with Gasteiger partial charge in [0.05, 0.1) is 26.2 Å². The number of nitrogens with zero attached hydrogens (tertiary/aromatic N) is 5. The average molecular weight is 298 g/mol. The van der Waals surface area contributed by atoms with Gasteiger partial charge in [-0.05, 0) is 10.4 Å². The molecule has 0 unspecified atom stereocenters. The third kappa shape index (κ3) is 5.08. The Hall–Kier alpha value is -2.07. The van der Waals surface area contributed by atoms with Crippen molar-refractivity contribution in [2.75, 3.05) is 39.4 Å². The van der Waals surface area contributed by atoms with Crippen LogP contribution in [0.3, 0.4) is 0 Å². The van der Waals surface area contributed by atoms with Crippen molar-refractivity contribution in [3.8, 4) is 0 Å². The average Bonchev–Trinajstić information content (AvgIpc) is 2.91. The van der Waals surface area contributed by atoms with Crippen molar-refractivity contribution in [3.63, 3.8) is 0 Å². The summed E-state index contributed by atoms with van der Waals surface area (Å²) in [6, 6.07) is 0. The fourth-order valence-electron chi connectivity index (χ4n) is 1.96. The summed E-state index contributed by atoms with van der Waals surface area (Å²) in [6.07, 6.45) is -0.0383. The van der Waals surface area contributed by atoms with Crippen molar-refractivity contribution in [2.24, 2.45) is 0 Å². The number of ether oxygens (including phenoxy) is 1. The Bertz CT molecular complexity index is 485. The maximum Gasteiger partial charge on any atom is 0.322 e. The summed E-state index contributed by atoms with van der Waals surface area (Å²) >= 11 is 0. The molecule has 0 atom stereocenters. The molecule has 0 saturated carbocycles. The van der Waals surface area contributed by atoms with Gasteiger partial charge in [-0.3, -0.25) is 14.5 Å². The second-order valence-electron chi connectivity index (χ2n) is 4.62. The van der Waals surface area contributed by atoms with Crippen LogP contribution in [0.15, 0.2) is 0 Å². The minimum atomic E-state index is -1.09. The SMILES string of the molecule is O=C(O)CNC(=O)Cc1nnnn1CCN1CCOCC1. The predicted molar refractivity (Wildman–Crippen MR) is 69.4 cm³/mol. The van der Waals surface area contributed by atoms with Gasteiger partial charge in [0, 0.05) is 19.6 Å². The summed E-state index contributed by atoms with van der Waals surface area (Å²) in [6.45, 7) is 4.13. The molecular weight excluding hydrogens is 280 g/mol. The maximum atomic E-state index is 11.6. The first-order valence-corrected chi connectivity index (χ1v) is 6.69. The van der Waals surface area contributed by atoms with Crippen molar-refractivity contribution in [1.29, 1.82) is 0 Å². The van der Waals surface area contributed by atoms with Crippen molar-refractivity contribution in [3.05, 3.63) is 5.82 Å². The lowest BCUT2D eigenvalue weighted by Crippen LogP contribution is -2.38. The second kappa shape index (κ2) is 7.64. The molecule has 1 aromatic heterocycles. The fourth-order valence-corrected chi connectivity index (χ4v) is 1.96. The number of carbonyl (C=O) groups excluding carboxylic acids is 1. The van der Waals surface area contributed by atoms with E-state index in [2.05, 4.69) is 25.7 Å². The number of aromatic nitrogens is 4. The van der Waals surface area contributed by atoms with E-state index in [0.29, 0.717) is 12.4 Å². The standard InChI is InChI=1S/C11H18N6O4/c18-10(12-8-11(19)20)7-9-13-14-15-17(9)2-1-16-3-5-21-6-4-16/h1-8H2,(H,12,18)(H,19,20). The van der Waals surface area contributed by atoms with E-state index in [0.717, 1.165) is 32.8 Å². The first-order chi connectivity index (χ1) is 10.1. The van der Waals surface area contributed by atoms with Crippen molar-refractivity contribution >= 4 is 11.9 Å². The van der Waals surface area contributed by atoms with E-state index in [4.69, 9.17) is 9.84 Å². The number of carbonyl (C=O) groups is 2. The van der Waals surface area contributed by atoms with Crippen LogP contribution < -0.4 is 5.32 Å². The minimum absolute atomic E-state index is 0.0383. The van der Waals surface area contributed by atoms with Gasteiger partial charge in [0.25, 0.3) is 0 Å². The van der Waals surface area contributed by atoms with Gasteiger partial charge in [0.2, 0.25) is 5.91 Å². The smallest absolute Gasteiger partial charge is 0.322 e. The third-order valence-corrected chi connectivity index (χ3v) is 3.09. The first-order valence-electron chi connectivity index (χ1n) is 6.69. The van der Waals surface area contributed by atoms with Crippen LogP contribution in [0.5, 0.6) is 0 Å². The van der Waals surface area contributed by atoms with E-state index in [1.165, 1.54) is 0 Å². The zero-order valence-corrected chi connectivity index (χ0v) is 11.6. The molecule has 1 amide bonds. The van der Waals surface area contributed by atoms with Gasteiger partial charge in [-0.25, -0.2) is 4.68 Å². The van der Waals surface area contributed by atoms with Crippen LogP contribution in [0.2, 0.25) is 0 Å². The molecule has 2 rings (SSSR count). The Labute approximate surface area is 121 Å². The van der Waals surface area contributed by atoms with E-state index in [-0.39, 0.29) is 6.42 Å². The van der Waals surface area contributed by atoms with E-state index >= 15 is 0 Å². The van der Waals surface area contributed by atoms with Crippen LogP contribution in [-0.4, -0.2) is 81.5 Å². The van der Waals surface area contributed by atoms with Crippen LogP contribution in [0, 0.1) is 0 Å². The van der Waals surface area contributed by atoms with E-state index in [1.807, 2.05) is 0 Å². The molecule has 1 saturated heterocycles. The molecular formula is C11H18N6O4. The third-order valence-electron chi connectivity index (χ3n) is 3.09. The molecule has 10 nitrogen and oxygen atoms in total. The van der Waals surface area contributed by atoms with Gasteiger partial charge in [0.1, 0.15) is 6.54 Å². The van der Waals surface area contributed by atoms with Gasteiger partial charge in [-0.15, -0.1) is 5.10 Å². The molecule has 0 radical (unpaired) electrons. The zero-order valence-electron chi connectivity index (χ0n) is 11.6. The molecule has 1 aromatic rings. The van der Waals surface area contributed by atoms with E-state index in [1.54, 1.807) is 4.68 Å². The van der Waals surface area contributed by atoms with Crippen LogP contribution in [0.1, 0.15) is 5.82 Å². The lowest BCUT2D eigenvalue weighted by atomic mass is 10.3. The highest BCUT2D eigenvalue weighted by molar-refractivity contribution is 5.82. The molecule has 0 spiro atoms. The molecule has 2 heterocycles. The minimum Gasteiger partial charge on any atom is -0.480 e. The number of rotatable bonds is 7. The van der Waals surface area contributed by atoms with E-state index < -0.39 is 18.4 Å². The van der Waals surface area contributed by atoms with Crippen LogP contribution in [0.25, 0.3) is 0 Å². The van der Waals surface area contributed by atoms with Crippen molar-refractivity contribution < 1.29 is 19.4 Å². The van der Waals surface area contributed by atoms with Gasteiger partial charge in [-0.1, -0.05) is 0 Å². The molecule has 116 valence electrons. The van der Waals surface area contributed by atoms with Gasteiger partial charge < -0.3 is 15.2 Å². The van der Waals surface area contributed by atoms with Crippen LogP contribution in [-0.2, 0) is 27.3 Å². The quantitative estimate of drug-likeness (QED) is 0.579. The Balaban J connectivity index is 1.80. The largest absolute Gasteiger partial charge is 0.480 e. The number of morpholine rings is 1. The van der Waals surface area contributed by atoms with Gasteiger partial charge in [0.15, 0.2) is 5.82 Å². The molecule has 2 N–H and O–H groups in total. The monoisotopic (exact) mass is 298 g/mol. The molecule has 1 aliphatic rings. The molecule has 0 bridgehead atoms. The van der Waals surface area contributed by atoms with Gasteiger partial charge in [-0.2, -0.15) is 0 Å². The Kier molecular flexibility index (Phi) is 5.58. The number of nitrogens with one attached hydrogen (secondary N) is 1. The fraction of sp³-hybridized carbons (Fsp3) is 0.727. The molecule has 10 heteroatoms. The first kappa shape index (κ1) is 15.3. The number of tetrazole rings is 1. The van der Waals surface area contributed by atoms with Crippen LogP contribution >= 0.6 is 0 Å². The number of amides is 1. The van der Waals surface area contributed by atoms with Crippen LogP contribution in [0.4, 0.5) is 0 Å². The Morgan fingerprint density at radius 3 is 2.76 bits per heavy atom. The van der Waals surface area contributed by atoms with Crippen molar-refractivity contribution in [1.82, 2.24) is 30.4 Å².